The lowest BCUT2D eigenvalue weighted by atomic mass is 10.3. The second kappa shape index (κ2) is 10.4. The van der Waals surface area contributed by atoms with Gasteiger partial charge in [0.2, 0.25) is 11.8 Å². The highest BCUT2D eigenvalue weighted by Gasteiger charge is 2.38. The van der Waals surface area contributed by atoms with Crippen LogP contribution in [0.25, 0.3) is 0 Å². The summed E-state index contributed by atoms with van der Waals surface area (Å²) in [5.74, 6) is 0.145. The summed E-state index contributed by atoms with van der Waals surface area (Å²) in [5.41, 5.74) is 0.0105. The zero-order valence-electron chi connectivity index (χ0n) is 17.3. The maximum Gasteiger partial charge on any atom is 0.241 e. The van der Waals surface area contributed by atoms with Gasteiger partial charge in [-0.3, -0.25) is 14.9 Å². The zero-order chi connectivity index (χ0) is 23.3. The third-order valence-electron chi connectivity index (χ3n) is 4.64. The molecule has 1 saturated heterocycles. The third kappa shape index (κ3) is 5.66. The summed E-state index contributed by atoms with van der Waals surface area (Å²) in [4.78, 5) is 24.6. The van der Waals surface area contributed by atoms with Crippen LogP contribution in [-0.4, -0.2) is 57.5 Å². The van der Waals surface area contributed by atoms with Crippen LogP contribution in [-0.2, 0) is 19.4 Å². The fourth-order valence-electron chi connectivity index (χ4n) is 2.95. The molecule has 2 aromatic rings. The Labute approximate surface area is 195 Å². The standard InChI is InChI=1S/C20H22ClN3O6S2/c1-29-13-5-3-12(4-6-13)23-18(25)11-31-20-22-10-17(19(26)24-20)32(27,28)14-7-8-16(30-2)15(21)9-14/h3-9,17,20,22H,10-11H2,1-2H3,(H,23,25)(H,24,26). The van der Waals surface area contributed by atoms with Gasteiger partial charge in [-0.25, -0.2) is 8.42 Å². The first-order chi connectivity index (χ1) is 15.2. The number of benzene rings is 2. The number of anilines is 1. The fourth-order valence-corrected chi connectivity index (χ4v) is 5.61. The Morgan fingerprint density at radius 1 is 1.19 bits per heavy atom. The molecule has 2 aromatic carbocycles. The largest absolute Gasteiger partial charge is 0.497 e. The van der Waals surface area contributed by atoms with Gasteiger partial charge in [0, 0.05) is 12.2 Å². The molecule has 0 radical (unpaired) electrons. The van der Waals surface area contributed by atoms with Crippen LogP contribution in [0, 0.1) is 0 Å². The van der Waals surface area contributed by atoms with Crippen LogP contribution >= 0.6 is 23.4 Å². The van der Waals surface area contributed by atoms with Crippen molar-refractivity contribution in [1.29, 1.82) is 0 Å². The monoisotopic (exact) mass is 499 g/mol. The highest BCUT2D eigenvalue weighted by Crippen LogP contribution is 2.29. The van der Waals surface area contributed by atoms with Crippen molar-refractivity contribution >= 4 is 50.7 Å². The number of sulfone groups is 1. The molecule has 1 heterocycles. The van der Waals surface area contributed by atoms with Crippen molar-refractivity contribution in [3.05, 3.63) is 47.5 Å². The molecule has 3 N–H and O–H groups in total. The summed E-state index contributed by atoms with van der Waals surface area (Å²) >= 11 is 7.16. The second-order valence-corrected chi connectivity index (χ2v) is 10.3. The van der Waals surface area contributed by atoms with Gasteiger partial charge in [0.25, 0.3) is 0 Å². The summed E-state index contributed by atoms with van der Waals surface area (Å²) in [6.07, 6.45) is 0. The van der Waals surface area contributed by atoms with Gasteiger partial charge in [-0.1, -0.05) is 11.6 Å². The van der Waals surface area contributed by atoms with E-state index in [4.69, 9.17) is 21.1 Å². The zero-order valence-corrected chi connectivity index (χ0v) is 19.6. The fraction of sp³-hybridized carbons (Fsp3) is 0.300. The van der Waals surface area contributed by atoms with E-state index >= 15 is 0 Å². The maximum atomic E-state index is 12.9. The molecular formula is C20H22ClN3O6S2. The number of ether oxygens (including phenoxy) is 2. The van der Waals surface area contributed by atoms with Crippen LogP contribution in [0.1, 0.15) is 0 Å². The molecule has 9 nitrogen and oxygen atoms in total. The van der Waals surface area contributed by atoms with E-state index in [0.717, 1.165) is 11.8 Å². The van der Waals surface area contributed by atoms with Crippen molar-refractivity contribution in [2.24, 2.45) is 0 Å². The molecule has 0 saturated carbocycles. The molecule has 172 valence electrons. The van der Waals surface area contributed by atoms with E-state index in [1.165, 1.54) is 25.3 Å². The molecule has 0 bridgehead atoms. The lowest BCUT2D eigenvalue weighted by molar-refractivity contribution is -0.122. The molecule has 32 heavy (non-hydrogen) atoms. The smallest absolute Gasteiger partial charge is 0.241 e. The van der Waals surface area contributed by atoms with Gasteiger partial charge in [-0.2, -0.15) is 0 Å². The van der Waals surface area contributed by atoms with Gasteiger partial charge in [0.15, 0.2) is 15.1 Å². The average molecular weight is 500 g/mol. The number of halogens is 1. The highest BCUT2D eigenvalue weighted by atomic mass is 35.5. The average Bonchev–Trinajstić information content (AvgIpc) is 2.78. The molecule has 2 unspecified atom stereocenters. The Kier molecular flexibility index (Phi) is 7.88. The summed E-state index contributed by atoms with van der Waals surface area (Å²) in [6.45, 7) is -0.102. The van der Waals surface area contributed by atoms with Gasteiger partial charge in [0.05, 0.1) is 29.9 Å². The predicted octanol–water partition coefficient (Wildman–Crippen LogP) is 1.87. The Morgan fingerprint density at radius 3 is 2.50 bits per heavy atom. The number of rotatable bonds is 8. The van der Waals surface area contributed by atoms with Crippen LogP contribution in [0.4, 0.5) is 5.69 Å². The van der Waals surface area contributed by atoms with Crippen LogP contribution in [0.15, 0.2) is 47.4 Å². The minimum atomic E-state index is -3.97. The summed E-state index contributed by atoms with van der Waals surface area (Å²) in [7, 11) is -1.00. The van der Waals surface area contributed by atoms with Crippen molar-refractivity contribution in [2.75, 3.05) is 31.8 Å². The van der Waals surface area contributed by atoms with Gasteiger partial charge in [0.1, 0.15) is 17.0 Å². The molecule has 0 aromatic heterocycles. The lowest BCUT2D eigenvalue weighted by Gasteiger charge is -2.29. The van der Waals surface area contributed by atoms with Crippen molar-refractivity contribution in [3.8, 4) is 11.5 Å². The Hall–Kier alpha value is -2.47. The predicted molar refractivity (Wildman–Crippen MR) is 123 cm³/mol. The van der Waals surface area contributed by atoms with Crippen molar-refractivity contribution < 1.29 is 27.5 Å². The number of nitrogens with one attached hydrogen (secondary N) is 3. The molecule has 2 atom stereocenters. The van der Waals surface area contributed by atoms with E-state index < -0.39 is 26.5 Å². The van der Waals surface area contributed by atoms with Crippen LogP contribution in [0.2, 0.25) is 5.02 Å². The lowest BCUT2D eigenvalue weighted by Crippen LogP contribution is -2.59. The molecular weight excluding hydrogens is 478 g/mol. The van der Waals surface area contributed by atoms with E-state index in [0.29, 0.717) is 17.2 Å². The third-order valence-corrected chi connectivity index (χ3v) is 8.02. The summed E-state index contributed by atoms with van der Waals surface area (Å²) in [5, 5.41) is 7.09. The van der Waals surface area contributed by atoms with Crippen LogP contribution in [0.3, 0.4) is 0 Å². The van der Waals surface area contributed by atoms with E-state index in [2.05, 4.69) is 16.0 Å². The normalized spacial score (nSPS) is 18.5. The minimum absolute atomic E-state index is 0.0511. The first-order valence-corrected chi connectivity index (χ1v) is 12.4. The highest BCUT2D eigenvalue weighted by molar-refractivity contribution is 8.00. The Balaban J connectivity index is 1.54. The van der Waals surface area contributed by atoms with Gasteiger partial charge in [-0.05, 0) is 42.5 Å². The summed E-state index contributed by atoms with van der Waals surface area (Å²) < 4.78 is 35.9. The number of carbonyl (C=O) groups is 2. The number of methoxy groups -OCH3 is 2. The van der Waals surface area contributed by atoms with Crippen molar-refractivity contribution in [1.82, 2.24) is 10.6 Å². The van der Waals surface area contributed by atoms with E-state index in [1.807, 2.05) is 0 Å². The molecule has 0 spiro atoms. The van der Waals surface area contributed by atoms with Crippen LogP contribution < -0.4 is 25.4 Å². The van der Waals surface area contributed by atoms with Crippen molar-refractivity contribution in [3.63, 3.8) is 0 Å². The Bertz CT molecular complexity index is 1100. The number of thioether (sulfide) groups is 1. The molecule has 12 heteroatoms. The number of amides is 2. The number of carbonyl (C=O) groups excluding carboxylic acids is 2. The van der Waals surface area contributed by atoms with Gasteiger partial charge >= 0.3 is 0 Å². The molecule has 3 rings (SSSR count). The van der Waals surface area contributed by atoms with E-state index in [1.54, 1.807) is 31.4 Å². The molecule has 1 aliphatic rings. The first-order valence-electron chi connectivity index (χ1n) is 9.41. The Morgan fingerprint density at radius 2 is 1.91 bits per heavy atom. The first kappa shape index (κ1) is 24.2. The molecule has 0 aliphatic carbocycles. The maximum absolute atomic E-state index is 12.9. The van der Waals surface area contributed by atoms with Crippen LogP contribution in [0.5, 0.6) is 11.5 Å². The minimum Gasteiger partial charge on any atom is -0.497 e. The van der Waals surface area contributed by atoms with E-state index in [9.17, 15) is 18.0 Å². The molecule has 2 amide bonds. The molecule has 1 aliphatic heterocycles. The van der Waals surface area contributed by atoms with Gasteiger partial charge < -0.3 is 20.1 Å². The summed E-state index contributed by atoms with van der Waals surface area (Å²) in [6, 6.07) is 10.9. The quantitative estimate of drug-likeness (QED) is 0.503. The second-order valence-electron chi connectivity index (χ2n) is 6.71. The topological polar surface area (TPSA) is 123 Å². The molecule has 1 fully saturated rings. The van der Waals surface area contributed by atoms with Gasteiger partial charge in [-0.15, -0.1) is 11.8 Å². The number of hydrogen-bond donors (Lipinski definition) is 3. The van der Waals surface area contributed by atoms with E-state index in [-0.39, 0.29) is 28.1 Å². The SMILES string of the molecule is COc1ccc(NC(=O)CSC2NCC(S(=O)(=O)c3ccc(OC)c(Cl)c3)C(=O)N2)cc1. The van der Waals surface area contributed by atoms with Crippen molar-refractivity contribution in [2.45, 2.75) is 15.6 Å². The number of hydrogen-bond acceptors (Lipinski definition) is 8.